The van der Waals surface area contributed by atoms with Crippen LogP contribution in [0, 0.1) is 5.82 Å². The lowest BCUT2D eigenvalue weighted by Crippen LogP contribution is -2.20. The normalized spacial score (nSPS) is 10.4. The number of methoxy groups -OCH3 is 1. The van der Waals surface area contributed by atoms with Crippen molar-refractivity contribution >= 4 is 23.4 Å². The van der Waals surface area contributed by atoms with Crippen molar-refractivity contribution in [1.29, 1.82) is 0 Å². The zero-order valence-electron chi connectivity index (χ0n) is 15.2. The Bertz CT molecular complexity index is 921. The zero-order chi connectivity index (χ0) is 19.8. The van der Waals surface area contributed by atoms with Crippen LogP contribution in [0.25, 0.3) is 0 Å². The van der Waals surface area contributed by atoms with Gasteiger partial charge in [0.2, 0.25) is 0 Å². The molecule has 1 amide bonds. The fourth-order valence-electron chi connectivity index (χ4n) is 2.36. The van der Waals surface area contributed by atoms with Gasteiger partial charge in [-0.15, -0.1) is 11.8 Å². The minimum absolute atomic E-state index is 0.205. The van der Waals surface area contributed by atoms with E-state index in [-0.39, 0.29) is 18.3 Å². The van der Waals surface area contributed by atoms with Crippen LogP contribution in [0.1, 0.15) is 5.69 Å². The number of halogens is 1. The van der Waals surface area contributed by atoms with E-state index in [0.717, 1.165) is 10.6 Å². The van der Waals surface area contributed by atoms with E-state index in [0.29, 0.717) is 22.9 Å². The fraction of sp³-hybridized carbons (Fsp3) is 0.143. The largest absolute Gasteiger partial charge is 0.491 e. The number of benzene rings is 2. The summed E-state index contributed by atoms with van der Waals surface area (Å²) in [4.78, 5) is 17.6. The summed E-state index contributed by atoms with van der Waals surface area (Å²) in [6, 6.07) is 17.3. The summed E-state index contributed by atoms with van der Waals surface area (Å²) in [6.07, 6.45) is 1.58. The van der Waals surface area contributed by atoms with Gasteiger partial charge in [-0.2, -0.15) is 0 Å². The molecular weight excluding hydrogens is 379 g/mol. The number of aromatic nitrogens is 1. The Kier molecular flexibility index (Phi) is 6.86. The topological polar surface area (TPSA) is 60.5 Å². The summed E-state index contributed by atoms with van der Waals surface area (Å²) in [5.41, 5.74) is 1.31. The number of ether oxygens (including phenoxy) is 2. The highest BCUT2D eigenvalue weighted by molar-refractivity contribution is 7.98. The molecule has 0 radical (unpaired) electrons. The number of amides is 1. The SMILES string of the molecule is COc1cnc(CSc2ccccc2)cc1OCC(=O)Nc1ccc(F)cc1. The maximum absolute atomic E-state index is 12.9. The van der Waals surface area contributed by atoms with Crippen LogP contribution in [-0.4, -0.2) is 24.6 Å². The van der Waals surface area contributed by atoms with Crippen molar-refractivity contribution in [3.8, 4) is 11.5 Å². The molecule has 0 bridgehead atoms. The molecule has 1 aromatic heterocycles. The van der Waals surface area contributed by atoms with Crippen molar-refractivity contribution in [3.63, 3.8) is 0 Å². The fourth-order valence-corrected chi connectivity index (χ4v) is 3.18. The Labute approximate surface area is 166 Å². The summed E-state index contributed by atoms with van der Waals surface area (Å²) in [5.74, 6) is 0.826. The van der Waals surface area contributed by atoms with E-state index in [1.807, 2.05) is 30.3 Å². The number of carbonyl (C=O) groups is 1. The van der Waals surface area contributed by atoms with Crippen molar-refractivity contribution < 1.29 is 18.7 Å². The van der Waals surface area contributed by atoms with E-state index in [9.17, 15) is 9.18 Å². The van der Waals surface area contributed by atoms with E-state index in [1.54, 1.807) is 24.0 Å². The average Bonchev–Trinajstić information content (AvgIpc) is 2.73. The molecule has 3 aromatic rings. The van der Waals surface area contributed by atoms with Crippen LogP contribution in [-0.2, 0) is 10.5 Å². The van der Waals surface area contributed by atoms with Gasteiger partial charge >= 0.3 is 0 Å². The maximum atomic E-state index is 12.9. The number of thioether (sulfide) groups is 1. The van der Waals surface area contributed by atoms with Gasteiger partial charge in [-0.3, -0.25) is 9.78 Å². The monoisotopic (exact) mass is 398 g/mol. The third-order valence-corrected chi connectivity index (χ3v) is 4.77. The number of nitrogens with zero attached hydrogens (tertiary/aromatic N) is 1. The minimum atomic E-state index is -0.364. The Hall–Kier alpha value is -3.06. The Balaban J connectivity index is 1.59. The van der Waals surface area contributed by atoms with Crippen molar-refractivity contribution in [1.82, 2.24) is 4.98 Å². The molecule has 0 atom stereocenters. The van der Waals surface area contributed by atoms with Gasteiger partial charge in [-0.25, -0.2) is 4.39 Å². The molecule has 1 N–H and O–H groups in total. The number of anilines is 1. The van der Waals surface area contributed by atoms with Crippen LogP contribution in [0.2, 0.25) is 0 Å². The Morgan fingerprint density at radius 3 is 2.57 bits per heavy atom. The molecular formula is C21H19FN2O3S. The molecule has 0 unspecified atom stereocenters. The lowest BCUT2D eigenvalue weighted by atomic mass is 10.3. The molecule has 28 heavy (non-hydrogen) atoms. The summed E-state index contributed by atoms with van der Waals surface area (Å²) in [5, 5.41) is 2.65. The molecule has 0 spiro atoms. The van der Waals surface area contributed by atoms with Gasteiger partial charge < -0.3 is 14.8 Å². The van der Waals surface area contributed by atoms with Crippen molar-refractivity contribution in [2.75, 3.05) is 19.0 Å². The summed E-state index contributed by atoms with van der Waals surface area (Å²) >= 11 is 1.65. The van der Waals surface area contributed by atoms with Gasteiger partial charge in [-0.05, 0) is 36.4 Å². The van der Waals surface area contributed by atoms with Gasteiger partial charge in [0, 0.05) is 22.4 Å². The van der Waals surface area contributed by atoms with Crippen LogP contribution in [0.5, 0.6) is 11.5 Å². The third-order valence-electron chi connectivity index (χ3n) is 3.72. The summed E-state index contributed by atoms with van der Waals surface area (Å²) in [6.45, 7) is -0.205. The van der Waals surface area contributed by atoms with Crippen LogP contribution < -0.4 is 14.8 Å². The lowest BCUT2D eigenvalue weighted by Gasteiger charge is -2.12. The van der Waals surface area contributed by atoms with Crippen LogP contribution in [0.4, 0.5) is 10.1 Å². The maximum Gasteiger partial charge on any atom is 0.262 e. The smallest absolute Gasteiger partial charge is 0.262 e. The van der Waals surface area contributed by atoms with Crippen molar-refractivity contribution in [2.45, 2.75) is 10.6 Å². The van der Waals surface area contributed by atoms with Crippen molar-refractivity contribution in [3.05, 3.63) is 78.4 Å². The molecule has 144 valence electrons. The predicted octanol–water partition coefficient (Wildman–Crippen LogP) is 4.54. The minimum Gasteiger partial charge on any atom is -0.491 e. The lowest BCUT2D eigenvalue weighted by molar-refractivity contribution is -0.118. The summed E-state index contributed by atoms with van der Waals surface area (Å²) in [7, 11) is 1.51. The molecule has 0 aliphatic rings. The first kappa shape index (κ1) is 19.7. The first-order valence-electron chi connectivity index (χ1n) is 8.53. The van der Waals surface area contributed by atoms with Crippen LogP contribution >= 0.6 is 11.8 Å². The highest BCUT2D eigenvalue weighted by atomic mass is 32.2. The van der Waals surface area contributed by atoms with E-state index in [4.69, 9.17) is 9.47 Å². The molecule has 3 rings (SSSR count). The van der Waals surface area contributed by atoms with E-state index in [1.165, 1.54) is 31.4 Å². The second-order valence-electron chi connectivity index (χ2n) is 5.77. The molecule has 2 aromatic carbocycles. The standard InChI is InChI=1S/C21H19FN2O3S/c1-26-20-12-23-17(14-28-18-5-3-2-4-6-18)11-19(20)27-13-21(25)24-16-9-7-15(22)8-10-16/h2-12H,13-14H2,1H3,(H,24,25). The highest BCUT2D eigenvalue weighted by Gasteiger charge is 2.11. The molecule has 0 aliphatic carbocycles. The number of rotatable bonds is 8. The van der Waals surface area contributed by atoms with Gasteiger partial charge in [0.25, 0.3) is 5.91 Å². The molecule has 0 saturated carbocycles. The molecule has 0 fully saturated rings. The number of hydrogen-bond acceptors (Lipinski definition) is 5. The number of hydrogen-bond donors (Lipinski definition) is 1. The molecule has 1 heterocycles. The molecule has 0 aliphatic heterocycles. The molecule has 0 saturated heterocycles. The zero-order valence-corrected chi connectivity index (χ0v) is 16.0. The second kappa shape index (κ2) is 9.75. The van der Waals surface area contributed by atoms with Crippen LogP contribution in [0.3, 0.4) is 0 Å². The van der Waals surface area contributed by atoms with Gasteiger partial charge in [0.1, 0.15) is 5.82 Å². The summed E-state index contributed by atoms with van der Waals surface area (Å²) < 4.78 is 23.8. The number of carbonyl (C=O) groups excluding carboxylic acids is 1. The first-order valence-corrected chi connectivity index (χ1v) is 9.51. The van der Waals surface area contributed by atoms with Gasteiger partial charge in [0.15, 0.2) is 18.1 Å². The first-order chi connectivity index (χ1) is 13.6. The Morgan fingerprint density at radius 1 is 1.11 bits per heavy atom. The van der Waals surface area contributed by atoms with E-state index in [2.05, 4.69) is 10.3 Å². The quantitative estimate of drug-likeness (QED) is 0.565. The van der Waals surface area contributed by atoms with Crippen molar-refractivity contribution in [2.24, 2.45) is 0 Å². The van der Waals surface area contributed by atoms with E-state index < -0.39 is 0 Å². The van der Waals surface area contributed by atoms with E-state index >= 15 is 0 Å². The third kappa shape index (κ3) is 5.72. The van der Waals surface area contributed by atoms with Gasteiger partial charge in [0.05, 0.1) is 19.0 Å². The predicted molar refractivity (Wildman–Crippen MR) is 107 cm³/mol. The average molecular weight is 398 g/mol. The number of nitrogens with one attached hydrogen (secondary N) is 1. The number of pyridine rings is 1. The molecule has 7 heteroatoms. The molecule has 5 nitrogen and oxygen atoms in total. The highest BCUT2D eigenvalue weighted by Crippen LogP contribution is 2.29. The van der Waals surface area contributed by atoms with Crippen LogP contribution in [0.15, 0.2) is 71.8 Å². The van der Waals surface area contributed by atoms with Gasteiger partial charge in [-0.1, -0.05) is 18.2 Å². The Morgan fingerprint density at radius 2 is 1.86 bits per heavy atom. The second-order valence-corrected chi connectivity index (χ2v) is 6.82.